The van der Waals surface area contributed by atoms with E-state index < -0.39 is 16.1 Å². The fourth-order valence-corrected chi connectivity index (χ4v) is 5.23. The Labute approximate surface area is 235 Å². The van der Waals surface area contributed by atoms with Gasteiger partial charge in [-0.1, -0.05) is 61.0 Å². The standard InChI is InChI=1S/C29H34ClN3O5S/c1-4-32-39(36,37)26-16-11-22(12-17-26)13-18-28(34)33(20-23-9-14-25(38-3)15-10-23)21(2)29(35)31-19-24-7-5-6-8-27(24)30/h5-12,14-17,21,32H,4,13,18-20H2,1-3H3,(H,31,35). The van der Waals surface area contributed by atoms with Gasteiger partial charge >= 0.3 is 0 Å². The number of amides is 2. The number of ether oxygens (including phenoxy) is 1. The molecule has 2 amide bonds. The molecule has 208 valence electrons. The topological polar surface area (TPSA) is 105 Å². The van der Waals surface area contributed by atoms with Gasteiger partial charge in [-0.25, -0.2) is 13.1 Å². The van der Waals surface area contributed by atoms with Crippen molar-refractivity contribution < 1.29 is 22.7 Å². The molecule has 0 spiro atoms. The van der Waals surface area contributed by atoms with Crippen LogP contribution < -0.4 is 14.8 Å². The molecule has 8 nitrogen and oxygen atoms in total. The number of nitrogens with one attached hydrogen (secondary N) is 2. The van der Waals surface area contributed by atoms with Crippen LogP contribution in [0.2, 0.25) is 5.02 Å². The molecule has 0 bridgehead atoms. The molecule has 2 N–H and O–H groups in total. The summed E-state index contributed by atoms with van der Waals surface area (Å²) in [5, 5.41) is 3.44. The van der Waals surface area contributed by atoms with E-state index in [9.17, 15) is 18.0 Å². The van der Waals surface area contributed by atoms with Crippen molar-refractivity contribution in [3.8, 4) is 5.75 Å². The summed E-state index contributed by atoms with van der Waals surface area (Å²) in [6.07, 6.45) is 0.547. The third kappa shape index (κ3) is 8.54. The lowest BCUT2D eigenvalue weighted by atomic mass is 10.1. The Kier molecular flexibility index (Phi) is 10.9. The molecule has 0 aliphatic rings. The van der Waals surface area contributed by atoms with Gasteiger partial charge in [0.1, 0.15) is 11.8 Å². The lowest BCUT2D eigenvalue weighted by Gasteiger charge is -2.29. The summed E-state index contributed by atoms with van der Waals surface area (Å²) in [4.78, 5) is 28.2. The van der Waals surface area contributed by atoms with Crippen LogP contribution in [0.3, 0.4) is 0 Å². The highest BCUT2D eigenvalue weighted by Gasteiger charge is 2.26. The van der Waals surface area contributed by atoms with Crippen molar-refractivity contribution in [1.29, 1.82) is 0 Å². The zero-order valence-electron chi connectivity index (χ0n) is 22.3. The number of carbonyl (C=O) groups is 2. The van der Waals surface area contributed by atoms with E-state index in [1.807, 2.05) is 42.5 Å². The van der Waals surface area contributed by atoms with E-state index in [-0.39, 0.29) is 36.2 Å². The smallest absolute Gasteiger partial charge is 0.242 e. The SMILES string of the molecule is CCNS(=O)(=O)c1ccc(CCC(=O)N(Cc2ccc(OC)cc2)C(C)C(=O)NCc2ccccc2Cl)cc1. The van der Waals surface area contributed by atoms with E-state index >= 15 is 0 Å². The molecule has 0 aliphatic heterocycles. The number of hydrogen-bond donors (Lipinski definition) is 2. The van der Waals surface area contributed by atoms with Gasteiger partial charge in [0.2, 0.25) is 21.8 Å². The van der Waals surface area contributed by atoms with E-state index in [2.05, 4.69) is 10.0 Å². The zero-order valence-corrected chi connectivity index (χ0v) is 23.9. The third-order valence-corrected chi connectivity index (χ3v) is 8.22. The Morgan fingerprint density at radius 3 is 2.23 bits per heavy atom. The summed E-state index contributed by atoms with van der Waals surface area (Å²) in [5.41, 5.74) is 2.46. The van der Waals surface area contributed by atoms with Crippen LogP contribution in [0.1, 0.15) is 37.0 Å². The first-order valence-electron chi connectivity index (χ1n) is 12.7. The van der Waals surface area contributed by atoms with Crippen LogP contribution in [0.5, 0.6) is 5.75 Å². The number of aryl methyl sites for hydroxylation is 1. The Morgan fingerprint density at radius 1 is 0.974 bits per heavy atom. The van der Waals surface area contributed by atoms with Crippen molar-refractivity contribution >= 4 is 33.4 Å². The molecule has 0 aliphatic carbocycles. The summed E-state index contributed by atoms with van der Waals surface area (Å²) in [7, 11) is -1.97. The molecule has 3 rings (SSSR count). The molecule has 1 unspecified atom stereocenters. The molecule has 10 heteroatoms. The van der Waals surface area contributed by atoms with Crippen LogP contribution in [0.4, 0.5) is 0 Å². The van der Waals surface area contributed by atoms with Crippen LogP contribution in [0.15, 0.2) is 77.7 Å². The molecule has 0 fully saturated rings. The Bertz CT molecular complexity index is 1360. The van der Waals surface area contributed by atoms with Crippen molar-refractivity contribution in [2.24, 2.45) is 0 Å². The maximum Gasteiger partial charge on any atom is 0.242 e. The fourth-order valence-electron chi connectivity index (χ4n) is 3.99. The number of nitrogens with zero attached hydrogens (tertiary/aromatic N) is 1. The number of benzene rings is 3. The zero-order chi connectivity index (χ0) is 28.4. The number of rotatable bonds is 13. The predicted molar refractivity (Wildman–Crippen MR) is 152 cm³/mol. The highest BCUT2D eigenvalue weighted by atomic mass is 35.5. The first-order valence-corrected chi connectivity index (χ1v) is 14.5. The van der Waals surface area contributed by atoms with Gasteiger partial charge in [-0.3, -0.25) is 9.59 Å². The first-order chi connectivity index (χ1) is 18.6. The minimum atomic E-state index is -3.55. The van der Waals surface area contributed by atoms with Crippen LogP contribution in [-0.4, -0.2) is 44.8 Å². The second kappa shape index (κ2) is 14.1. The molecular weight excluding hydrogens is 538 g/mol. The van der Waals surface area contributed by atoms with Crippen molar-refractivity contribution in [2.75, 3.05) is 13.7 Å². The molecule has 1 atom stereocenters. The monoisotopic (exact) mass is 571 g/mol. The van der Waals surface area contributed by atoms with E-state index in [1.54, 1.807) is 44.1 Å². The largest absolute Gasteiger partial charge is 0.497 e. The van der Waals surface area contributed by atoms with Crippen LogP contribution in [0.25, 0.3) is 0 Å². The van der Waals surface area contributed by atoms with E-state index in [0.717, 1.165) is 16.7 Å². The van der Waals surface area contributed by atoms with Crippen molar-refractivity contribution in [3.05, 3.63) is 94.5 Å². The number of methoxy groups -OCH3 is 1. The minimum Gasteiger partial charge on any atom is -0.497 e. The van der Waals surface area contributed by atoms with Crippen LogP contribution in [-0.2, 0) is 39.1 Å². The Morgan fingerprint density at radius 2 is 1.62 bits per heavy atom. The van der Waals surface area contributed by atoms with Gasteiger partial charge in [-0.2, -0.15) is 0 Å². The second-order valence-electron chi connectivity index (χ2n) is 9.00. The van der Waals surface area contributed by atoms with Gasteiger partial charge in [0.15, 0.2) is 0 Å². The quantitative estimate of drug-likeness (QED) is 0.318. The molecule has 3 aromatic carbocycles. The van der Waals surface area contributed by atoms with Crippen molar-refractivity contribution in [2.45, 2.75) is 50.7 Å². The maximum atomic E-state index is 13.4. The number of sulfonamides is 1. The molecule has 0 aromatic heterocycles. The third-order valence-electron chi connectivity index (χ3n) is 6.29. The van der Waals surface area contributed by atoms with Crippen molar-refractivity contribution in [1.82, 2.24) is 14.9 Å². The van der Waals surface area contributed by atoms with Crippen LogP contribution in [0, 0.1) is 0 Å². The summed E-state index contributed by atoms with van der Waals surface area (Å²) < 4.78 is 32.1. The van der Waals surface area contributed by atoms with E-state index in [4.69, 9.17) is 16.3 Å². The maximum absolute atomic E-state index is 13.4. The van der Waals surface area contributed by atoms with E-state index in [1.165, 1.54) is 12.1 Å². The van der Waals surface area contributed by atoms with Crippen LogP contribution >= 0.6 is 11.6 Å². The summed E-state index contributed by atoms with van der Waals surface area (Å²) >= 11 is 6.22. The Hall–Kier alpha value is -3.40. The van der Waals surface area contributed by atoms with Gasteiger partial charge in [-0.15, -0.1) is 0 Å². The molecule has 0 heterocycles. The summed E-state index contributed by atoms with van der Waals surface area (Å²) in [5.74, 6) is 0.201. The van der Waals surface area contributed by atoms with Crippen molar-refractivity contribution in [3.63, 3.8) is 0 Å². The number of hydrogen-bond acceptors (Lipinski definition) is 5. The minimum absolute atomic E-state index is 0.150. The normalized spacial score (nSPS) is 12.0. The molecule has 0 saturated carbocycles. The number of halogens is 1. The number of carbonyl (C=O) groups excluding carboxylic acids is 2. The van der Waals surface area contributed by atoms with Gasteiger partial charge < -0.3 is 15.0 Å². The molecule has 39 heavy (non-hydrogen) atoms. The molecule has 0 saturated heterocycles. The summed E-state index contributed by atoms with van der Waals surface area (Å²) in [6.45, 7) is 4.20. The lowest BCUT2D eigenvalue weighted by Crippen LogP contribution is -2.47. The average molecular weight is 572 g/mol. The lowest BCUT2D eigenvalue weighted by molar-refractivity contribution is -0.140. The molecular formula is C29H34ClN3O5S. The second-order valence-corrected chi connectivity index (χ2v) is 11.2. The van der Waals surface area contributed by atoms with E-state index in [0.29, 0.717) is 23.7 Å². The Balaban J connectivity index is 1.72. The molecule has 3 aromatic rings. The van der Waals surface area contributed by atoms with Gasteiger partial charge in [0.25, 0.3) is 0 Å². The fraction of sp³-hybridized carbons (Fsp3) is 0.310. The highest BCUT2D eigenvalue weighted by Crippen LogP contribution is 2.18. The summed E-state index contributed by atoms with van der Waals surface area (Å²) in [6, 6.07) is 20.3. The van der Waals surface area contributed by atoms with Gasteiger partial charge in [-0.05, 0) is 60.4 Å². The predicted octanol–water partition coefficient (Wildman–Crippen LogP) is 4.31. The highest BCUT2D eigenvalue weighted by molar-refractivity contribution is 7.89. The van der Waals surface area contributed by atoms with Gasteiger partial charge in [0, 0.05) is 31.1 Å². The first kappa shape index (κ1) is 30.1. The van der Waals surface area contributed by atoms with Gasteiger partial charge in [0.05, 0.1) is 12.0 Å². The molecule has 0 radical (unpaired) electrons. The average Bonchev–Trinajstić information content (AvgIpc) is 2.94.